The maximum atomic E-state index is 5.54. The van der Waals surface area contributed by atoms with Gasteiger partial charge in [-0.05, 0) is 30.5 Å². The van der Waals surface area contributed by atoms with Gasteiger partial charge in [0.05, 0.1) is 5.69 Å². The summed E-state index contributed by atoms with van der Waals surface area (Å²) in [5.74, 6) is 0. The zero-order chi connectivity index (χ0) is 13.9. The molecule has 20 heavy (non-hydrogen) atoms. The lowest BCUT2D eigenvalue weighted by Gasteiger charge is -2.14. The van der Waals surface area contributed by atoms with Crippen molar-refractivity contribution in [3.8, 4) is 0 Å². The lowest BCUT2D eigenvalue weighted by atomic mass is 10.2. The van der Waals surface area contributed by atoms with Crippen LogP contribution in [0.15, 0.2) is 39.4 Å². The molecule has 1 aromatic carbocycles. The number of anilines is 1. The summed E-state index contributed by atoms with van der Waals surface area (Å²) in [5.41, 5.74) is 2.19. The van der Waals surface area contributed by atoms with Gasteiger partial charge >= 0.3 is 0 Å². The van der Waals surface area contributed by atoms with Gasteiger partial charge in [0.1, 0.15) is 6.26 Å². The van der Waals surface area contributed by atoms with Crippen molar-refractivity contribution in [1.29, 1.82) is 0 Å². The minimum Gasteiger partial charge on any atom is -0.432 e. The van der Waals surface area contributed by atoms with Crippen LogP contribution >= 0.6 is 15.9 Å². The van der Waals surface area contributed by atoms with Gasteiger partial charge in [0.2, 0.25) is 0 Å². The molecule has 0 radical (unpaired) electrons. The highest BCUT2D eigenvalue weighted by atomic mass is 79.9. The third kappa shape index (κ3) is 3.61. The number of halogens is 1. The van der Waals surface area contributed by atoms with E-state index < -0.39 is 0 Å². The van der Waals surface area contributed by atoms with Crippen molar-refractivity contribution in [2.75, 3.05) is 11.9 Å². The van der Waals surface area contributed by atoms with Crippen LogP contribution in [0.5, 0.6) is 0 Å². The first-order valence-corrected chi connectivity index (χ1v) is 7.63. The van der Waals surface area contributed by atoms with Gasteiger partial charge in [-0.1, -0.05) is 28.1 Å². The van der Waals surface area contributed by atoms with Crippen molar-refractivity contribution in [2.45, 2.75) is 32.0 Å². The van der Waals surface area contributed by atoms with Crippen molar-refractivity contribution in [3.05, 3.63) is 46.3 Å². The summed E-state index contributed by atoms with van der Waals surface area (Å²) < 4.78 is 6.63. The minimum absolute atomic E-state index is 0.664. The molecule has 1 fully saturated rings. The molecule has 0 saturated heterocycles. The van der Waals surface area contributed by atoms with Gasteiger partial charge in [0.15, 0.2) is 0 Å². The first-order valence-electron chi connectivity index (χ1n) is 6.84. The molecule has 1 N–H and O–H groups in total. The number of benzene rings is 1. The van der Waals surface area contributed by atoms with Crippen molar-refractivity contribution < 1.29 is 4.42 Å². The number of rotatable bonds is 6. The van der Waals surface area contributed by atoms with E-state index in [1.54, 1.807) is 6.26 Å². The monoisotopic (exact) mass is 335 g/mol. The van der Waals surface area contributed by atoms with Crippen molar-refractivity contribution >= 4 is 21.9 Å². The Kier molecular flexibility index (Phi) is 4.08. The number of nitrogens with zero attached hydrogens (tertiary/aromatic N) is 2. The number of hydrogen-bond donors (Lipinski definition) is 1. The van der Waals surface area contributed by atoms with E-state index >= 15 is 0 Å². The molecular weight excluding hydrogens is 318 g/mol. The summed E-state index contributed by atoms with van der Waals surface area (Å²) in [4.78, 5) is 6.53. The van der Waals surface area contributed by atoms with E-state index in [0.717, 1.165) is 23.3 Å². The fourth-order valence-corrected chi connectivity index (χ4v) is 2.51. The molecule has 1 saturated carbocycles. The second-order valence-electron chi connectivity index (χ2n) is 5.26. The van der Waals surface area contributed by atoms with Gasteiger partial charge in [-0.15, -0.1) is 0 Å². The second-order valence-corrected chi connectivity index (χ2v) is 6.18. The van der Waals surface area contributed by atoms with E-state index in [0.29, 0.717) is 12.1 Å². The molecule has 0 spiro atoms. The van der Waals surface area contributed by atoms with Crippen molar-refractivity contribution in [3.63, 3.8) is 0 Å². The first kappa shape index (κ1) is 13.6. The summed E-state index contributed by atoms with van der Waals surface area (Å²) in [7, 11) is 1.99. The Bertz CT molecular complexity index is 580. The van der Waals surface area contributed by atoms with Crippen LogP contribution in [0.2, 0.25) is 0 Å². The molecule has 0 aliphatic heterocycles. The first-order chi connectivity index (χ1) is 9.70. The topological polar surface area (TPSA) is 41.3 Å². The molecule has 0 atom stereocenters. The van der Waals surface area contributed by atoms with Crippen LogP contribution < -0.4 is 10.2 Å². The molecule has 1 aliphatic carbocycles. The van der Waals surface area contributed by atoms with Crippen LogP contribution in [0.4, 0.5) is 6.01 Å². The van der Waals surface area contributed by atoms with Crippen molar-refractivity contribution in [2.24, 2.45) is 0 Å². The quantitative estimate of drug-likeness (QED) is 0.879. The van der Waals surface area contributed by atoms with Gasteiger partial charge in [0, 0.05) is 30.7 Å². The standard InChI is InChI=1S/C15H18BrN3O/c1-19(9-11-3-2-4-12(16)7-11)15-18-14(10-20-15)8-17-13-5-6-13/h2-4,7,10,13,17H,5-6,8-9H2,1H3. The van der Waals surface area contributed by atoms with Gasteiger partial charge in [-0.25, -0.2) is 0 Å². The van der Waals surface area contributed by atoms with Crippen LogP contribution in [-0.2, 0) is 13.1 Å². The molecule has 1 aromatic heterocycles. The predicted octanol–water partition coefficient (Wildman–Crippen LogP) is 3.33. The Morgan fingerprint density at radius 1 is 1.45 bits per heavy atom. The van der Waals surface area contributed by atoms with Gasteiger partial charge in [-0.2, -0.15) is 4.98 Å². The van der Waals surface area contributed by atoms with Crippen LogP contribution in [0, 0.1) is 0 Å². The van der Waals surface area contributed by atoms with Gasteiger partial charge in [-0.3, -0.25) is 0 Å². The molecule has 0 bridgehead atoms. The van der Waals surface area contributed by atoms with E-state index in [4.69, 9.17) is 4.42 Å². The van der Waals surface area contributed by atoms with Crippen LogP contribution in [-0.4, -0.2) is 18.1 Å². The predicted molar refractivity (Wildman–Crippen MR) is 82.6 cm³/mol. The largest absolute Gasteiger partial charge is 0.432 e. The zero-order valence-corrected chi connectivity index (χ0v) is 13.1. The van der Waals surface area contributed by atoms with Crippen LogP contribution in [0.1, 0.15) is 24.1 Å². The Morgan fingerprint density at radius 2 is 2.30 bits per heavy atom. The van der Waals surface area contributed by atoms with Gasteiger partial charge < -0.3 is 14.6 Å². The second kappa shape index (κ2) is 5.97. The fourth-order valence-electron chi connectivity index (χ4n) is 2.07. The average molecular weight is 336 g/mol. The SMILES string of the molecule is CN(Cc1cccc(Br)c1)c1nc(CNC2CC2)co1. The molecule has 2 aromatic rings. The minimum atomic E-state index is 0.664. The van der Waals surface area contributed by atoms with Crippen molar-refractivity contribution in [1.82, 2.24) is 10.3 Å². The molecule has 1 heterocycles. The maximum Gasteiger partial charge on any atom is 0.297 e. The zero-order valence-electron chi connectivity index (χ0n) is 11.5. The molecule has 3 rings (SSSR count). The normalized spacial score (nSPS) is 14.5. The average Bonchev–Trinajstić information content (AvgIpc) is 3.13. The summed E-state index contributed by atoms with van der Waals surface area (Å²) in [6, 6.07) is 9.62. The molecule has 106 valence electrons. The lowest BCUT2D eigenvalue weighted by molar-refractivity contribution is 0.542. The van der Waals surface area contributed by atoms with E-state index in [-0.39, 0.29) is 0 Å². The Labute approximate surface area is 127 Å². The molecule has 0 amide bonds. The summed E-state index contributed by atoms with van der Waals surface area (Å²) in [6.07, 6.45) is 4.31. The van der Waals surface area contributed by atoms with Gasteiger partial charge in [0.25, 0.3) is 6.01 Å². The molecule has 0 unspecified atom stereocenters. The number of aromatic nitrogens is 1. The van der Waals surface area contributed by atoms with E-state index in [1.165, 1.54) is 18.4 Å². The summed E-state index contributed by atoms with van der Waals surface area (Å²) >= 11 is 3.49. The summed E-state index contributed by atoms with van der Waals surface area (Å²) in [6.45, 7) is 1.56. The Morgan fingerprint density at radius 3 is 3.05 bits per heavy atom. The molecule has 1 aliphatic rings. The van der Waals surface area contributed by atoms with Crippen LogP contribution in [0.3, 0.4) is 0 Å². The highest BCUT2D eigenvalue weighted by Gasteiger charge is 2.20. The third-order valence-electron chi connectivity index (χ3n) is 3.32. The molecule has 4 nitrogen and oxygen atoms in total. The third-order valence-corrected chi connectivity index (χ3v) is 3.82. The number of hydrogen-bond acceptors (Lipinski definition) is 4. The lowest BCUT2D eigenvalue weighted by Crippen LogP contribution is -2.18. The highest BCUT2D eigenvalue weighted by Crippen LogP contribution is 2.20. The highest BCUT2D eigenvalue weighted by molar-refractivity contribution is 9.10. The van der Waals surface area contributed by atoms with Crippen LogP contribution in [0.25, 0.3) is 0 Å². The van der Waals surface area contributed by atoms with E-state index in [2.05, 4.69) is 38.4 Å². The van der Waals surface area contributed by atoms with E-state index in [9.17, 15) is 0 Å². The number of nitrogens with one attached hydrogen (secondary N) is 1. The maximum absolute atomic E-state index is 5.54. The fraction of sp³-hybridized carbons (Fsp3) is 0.400. The Hall–Kier alpha value is -1.33. The summed E-state index contributed by atoms with van der Waals surface area (Å²) in [5, 5.41) is 3.44. The molecule has 5 heteroatoms. The van der Waals surface area contributed by atoms with E-state index in [1.807, 2.05) is 24.1 Å². The molecular formula is C15H18BrN3O. The number of oxazole rings is 1. The Balaban J connectivity index is 1.59. The smallest absolute Gasteiger partial charge is 0.297 e.